The first-order chi connectivity index (χ1) is 10.2. The lowest BCUT2D eigenvalue weighted by atomic mass is 10.2. The number of anilines is 1. The van der Waals surface area contributed by atoms with Crippen molar-refractivity contribution < 1.29 is 0 Å². The fourth-order valence-corrected chi connectivity index (χ4v) is 3.10. The lowest BCUT2D eigenvalue weighted by Gasteiger charge is -2.07. The minimum Gasteiger partial charge on any atom is -0.381 e. The minimum absolute atomic E-state index is 0.640. The first kappa shape index (κ1) is 14.3. The van der Waals surface area contributed by atoms with Gasteiger partial charge >= 0.3 is 0 Å². The van der Waals surface area contributed by atoms with E-state index in [1.807, 2.05) is 12.1 Å². The summed E-state index contributed by atoms with van der Waals surface area (Å²) in [6.07, 6.45) is 2.20. The molecule has 1 aromatic heterocycles. The van der Waals surface area contributed by atoms with Crippen molar-refractivity contribution in [1.82, 2.24) is 4.57 Å². The number of hydrogen-bond acceptors (Lipinski definition) is 1. The molecule has 0 bridgehead atoms. The monoisotopic (exact) mass is 318 g/mol. The molecule has 2 aromatic carbocycles. The van der Waals surface area contributed by atoms with Crippen LogP contribution in [0.15, 0.2) is 48.7 Å². The molecule has 0 saturated carbocycles. The summed E-state index contributed by atoms with van der Waals surface area (Å²) in [6.45, 7) is 3.86. The highest BCUT2D eigenvalue weighted by Crippen LogP contribution is 2.25. The van der Waals surface area contributed by atoms with Crippen molar-refractivity contribution in [3.63, 3.8) is 0 Å². The average Bonchev–Trinajstić information content (AvgIpc) is 2.82. The Bertz CT molecular complexity index is 757. The first-order valence-corrected chi connectivity index (χ1v) is 7.69. The van der Waals surface area contributed by atoms with E-state index in [4.69, 9.17) is 23.2 Å². The lowest BCUT2D eigenvalue weighted by molar-refractivity contribution is 0.793. The van der Waals surface area contributed by atoms with Gasteiger partial charge in [-0.1, -0.05) is 41.4 Å². The standard InChI is InChI=1S/C17H16Cl2N2/c1-2-21-11-12(16-5-3-4-6-17(16)21)10-20-15-8-13(18)7-14(19)9-15/h3-9,11,20H,2,10H2,1H3. The predicted octanol–water partition coefficient (Wildman–Crippen LogP) is 5.58. The highest BCUT2D eigenvalue weighted by molar-refractivity contribution is 6.35. The summed E-state index contributed by atoms with van der Waals surface area (Å²) in [5.41, 5.74) is 3.46. The van der Waals surface area contributed by atoms with Crippen molar-refractivity contribution >= 4 is 39.8 Å². The Morgan fingerprint density at radius 1 is 1.05 bits per heavy atom. The molecule has 0 amide bonds. The van der Waals surface area contributed by atoms with Crippen molar-refractivity contribution in [3.8, 4) is 0 Å². The molecule has 0 unspecified atom stereocenters. The molecule has 0 radical (unpaired) electrons. The maximum Gasteiger partial charge on any atom is 0.0483 e. The number of benzene rings is 2. The summed E-state index contributed by atoms with van der Waals surface area (Å²) in [5.74, 6) is 0. The van der Waals surface area contributed by atoms with Crippen LogP contribution in [0.4, 0.5) is 5.69 Å². The van der Waals surface area contributed by atoms with Crippen LogP contribution in [0.25, 0.3) is 10.9 Å². The fourth-order valence-electron chi connectivity index (χ4n) is 2.58. The van der Waals surface area contributed by atoms with E-state index in [9.17, 15) is 0 Å². The molecule has 0 fully saturated rings. The van der Waals surface area contributed by atoms with E-state index in [-0.39, 0.29) is 0 Å². The zero-order valence-corrected chi connectivity index (χ0v) is 13.2. The number of aryl methyl sites for hydroxylation is 1. The van der Waals surface area contributed by atoms with E-state index in [0.717, 1.165) is 18.8 Å². The maximum absolute atomic E-state index is 6.02. The molecule has 2 nitrogen and oxygen atoms in total. The van der Waals surface area contributed by atoms with Crippen LogP contribution in [0, 0.1) is 0 Å². The molecule has 3 aromatic rings. The van der Waals surface area contributed by atoms with Gasteiger partial charge in [-0.3, -0.25) is 0 Å². The molecule has 108 valence electrons. The number of nitrogens with one attached hydrogen (secondary N) is 1. The molecule has 21 heavy (non-hydrogen) atoms. The lowest BCUT2D eigenvalue weighted by Crippen LogP contribution is -1.99. The Labute approximate surface area is 134 Å². The topological polar surface area (TPSA) is 17.0 Å². The van der Waals surface area contributed by atoms with Gasteiger partial charge in [0.1, 0.15) is 0 Å². The van der Waals surface area contributed by atoms with Crippen LogP contribution >= 0.6 is 23.2 Å². The number of fused-ring (bicyclic) bond motifs is 1. The summed E-state index contributed by atoms with van der Waals surface area (Å²) in [6, 6.07) is 13.9. The van der Waals surface area contributed by atoms with E-state index in [1.54, 1.807) is 6.07 Å². The molecule has 0 aliphatic heterocycles. The summed E-state index contributed by atoms with van der Waals surface area (Å²) < 4.78 is 2.26. The molecule has 1 heterocycles. The predicted molar refractivity (Wildman–Crippen MR) is 91.4 cm³/mol. The van der Waals surface area contributed by atoms with Crippen molar-refractivity contribution in [2.75, 3.05) is 5.32 Å². The molecule has 3 rings (SSSR count). The Morgan fingerprint density at radius 2 is 1.76 bits per heavy atom. The number of rotatable bonds is 4. The molecule has 0 atom stereocenters. The van der Waals surface area contributed by atoms with Crippen LogP contribution in [0.2, 0.25) is 10.0 Å². The van der Waals surface area contributed by atoms with Gasteiger partial charge in [-0.2, -0.15) is 0 Å². The number of hydrogen-bond donors (Lipinski definition) is 1. The van der Waals surface area contributed by atoms with Gasteiger partial charge in [0.05, 0.1) is 0 Å². The van der Waals surface area contributed by atoms with Crippen LogP contribution < -0.4 is 5.32 Å². The Balaban J connectivity index is 1.88. The van der Waals surface area contributed by atoms with Gasteiger partial charge in [0, 0.05) is 45.9 Å². The number of para-hydroxylation sites is 1. The van der Waals surface area contributed by atoms with E-state index in [0.29, 0.717) is 10.0 Å². The van der Waals surface area contributed by atoms with Crippen LogP contribution in [0.5, 0.6) is 0 Å². The second kappa shape index (κ2) is 6.00. The molecule has 1 N–H and O–H groups in total. The smallest absolute Gasteiger partial charge is 0.0483 e. The van der Waals surface area contributed by atoms with E-state index in [1.165, 1.54) is 16.5 Å². The normalized spacial score (nSPS) is 11.0. The fraction of sp³-hybridized carbons (Fsp3) is 0.176. The summed E-state index contributed by atoms with van der Waals surface area (Å²) >= 11 is 12.0. The third-order valence-electron chi connectivity index (χ3n) is 3.56. The van der Waals surface area contributed by atoms with Crippen molar-refractivity contribution in [2.24, 2.45) is 0 Å². The molecule has 0 saturated heterocycles. The zero-order chi connectivity index (χ0) is 14.8. The highest BCUT2D eigenvalue weighted by Gasteiger charge is 2.07. The van der Waals surface area contributed by atoms with Crippen LogP contribution in [0.1, 0.15) is 12.5 Å². The zero-order valence-electron chi connectivity index (χ0n) is 11.7. The molecule has 4 heteroatoms. The number of halogens is 2. The summed E-state index contributed by atoms with van der Waals surface area (Å²) in [7, 11) is 0. The van der Waals surface area contributed by atoms with Gasteiger partial charge in [-0.25, -0.2) is 0 Å². The highest BCUT2D eigenvalue weighted by atomic mass is 35.5. The van der Waals surface area contributed by atoms with Gasteiger partial charge in [-0.15, -0.1) is 0 Å². The van der Waals surface area contributed by atoms with Crippen LogP contribution in [-0.2, 0) is 13.1 Å². The van der Waals surface area contributed by atoms with Gasteiger partial charge in [0.15, 0.2) is 0 Å². The van der Waals surface area contributed by atoms with E-state index < -0.39 is 0 Å². The Kier molecular flexibility index (Phi) is 4.09. The molecule has 0 aliphatic carbocycles. The molecule has 0 aliphatic rings. The van der Waals surface area contributed by atoms with Crippen molar-refractivity contribution in [2.45, 2.75) is 20.0 Å². The maximum atomic E-state index is 6.02. The quantitative estimate of drug-likeness (QED) is 0.664. The summed E-state index contributed by atoms with van der Waals surface area (Å²) in [5, 5.41) is 5.95. The second-order valence-electron chi connectivity index (χ2n) is 4.97. The van der Waals surface area contributed by atoms with Gasteiger partial charge < -0.3 is 9.88 Å². The van der Waals surface area contributed by atoms with Gasteiger partial charge in [0.25, 0.3) is 0 Å². The molecular weight excluding hydrogens is 303 g/mol. The summed E-state index contributed by atoms with van der Waals surface area (Å²) in [4.78, 5) is 0. The van der Waals surface area contributed by atoms with Crippen molar-refractivity contribution in [1.29, 1.82) is 0 Å². The number of nitrogens with zero attached hydrogens (tertiary/aromatic N) is 1. The second-order valence-corrected chi connectivity index (χ2v) is 5.84. The molecule has 0 spiro atoms. The molecular formula is C17H16Cl2N2. The average molecular weight is 319 g/mol. The van der Waals surface area contributed by atoms with Gasteiger partial charge in [-0.05, 0) is 36.8 Å². The SMILES string of the molecule is CCn1cc(CNc2cc(Cl)cc(Cl)c2)c2ccccc21. The number of aromatic nitrogens is 1. The largest absolute Gasteiger partial charge is 0.381 e. The third-order valence-corrected chi connectivity index (χ3v) is 3.99. The van der Waals surface area contributed by atoms with Crippen LogP contribution in [-0.4, -0.2) is 4.57 Å². The van der Waals surface area contributed by atoms with E-state index >= 15 is 0 Å². The first-order valence-electron chi connectivity index (χ1n) is 6.94. The van der Waals surface area contributed by atoms with Gasteiger partial charge in [0.2, 0.25) is 0 Å². The Morgan fingerprint density at radius 3 is 2.48 bits per heavy atom. The third kappa shape index (κ3) is 3.02. The van der Waals surface area contributed by atoms with E-state index in [2.05, 4.69) is 47.3 Å². The van der Waals surface area contributed by atoms with Crippen LogP contribution in [0.3, 0.4) is 0 Å². The Hall–Kier alpha value is -1.64. The minimum atomic E-state index is 0.640. The van der Waals surface area contributed by atoms with Crippen molar-refractivity contribution in [3.05, 3.63) is 64.3 Å².